The number of nitrogens with zero attached hydrogens (tertiary/aromatic N) is 1. The maximum Gasteiger partial charge on any atom is 0.335 e. The second-order valence-corrected chi connectivity index (χ2v) is 6.68. The first-order chi connectivity index (χ1) is 13.6. The van der Waals surface area contributed by atoms with E-state index in [1.165, 1.54) is 12.1 Å². The molecule has 3 aromatic rings. The number of benzene rings is 3. The zero-order valence-corrected chi connectivity index (χ0v) is 15.3. The Morgan fingerprint density at radius 1 is 0.964 bits per heavy atom. The van der Waals surface area contributed by atoms with E-state index >= 15 is 0 Å². The summed E-state index contributed by atoms with van der Waals surface area (Å²) in [6, 6.07) is 23.8. The summed E-state index contributed by atoms with van der Waals surface area (Å²) in [6.07, 6.45) is -0.716. The zero-order chi connectivity index (χ0) is 19.7. The van der Waals surface area contributed by atoms with Gasteiger partial charge in [0.1, 0.15) is 5.75 Å². The van der Waals surface area contributed by atoms with Gasteiger partial charge in [0, 0.05) is 0 Å². The molecule has 0 aliphatic carbocycles. The molecular formula is C23H19NO4. The molecule has 3 aromatic carbocycles. The van der Waals surface area contributed by atoms with Crippen LogP contribution in [0.5, 0.6) is 5.75 Å². The number of carboxylic acid groups (broad SMARTS) is 1. The van der Waals surface area contributed by atoms with Gasteiger partial charge < -0.3 is 9.84 Å². The summed E-state index contributed by atoms with van der Waals surface area (Å²) in [5.41, 5.74) is 2.61. The van der Waals surface area contributed by atoms with Crippen molar-refractivity contribution in [2.45, 2.75) is 19.1 Å². The van der Waals surface area contributed by atoms with E-state index in [0.717, 1.165) is 11.1 Å². The lowest BCUT2D eigenvalue weighted by Gasteiger charge is -2.39. The van der Waals surface area contributed by atoms with Crippen LogP contribution < -0.4 is 9.64 Å². The Morgan fingerprint density at radius 2 is 1.54 bits per heavy atom. The number of fused-ring (bicyclic) bond motifs is 1. The fraction of sp³-hybridized carbons (Fsp3) is 0.130. The van der Waals surface area contributed by atoms with Crippen LogP contribution in [0.2, 0.25) is 0 Å². The van der Waals surface area contributed by atoms with Crippen LogP contribution >= 0.6 is 0 Å². The standard InChI is InChI=1S/C23H19NO4/c1-15-22(25)24(19-13-12-18(23(26)27)14-20(19)28-15)21(16-8-4-2-5-9-16)17-10-6-3-7-11-17/h2-15,21H,1H3,(H,26,27). The molecule has 0 aromatic heterocycles. The third-order valence-corrected chi connectivity index (χ3v) is 4.84. The topological polar surface area (TPSA) is 66.8 Å². The first-order valence-corrected chi connectivity index (χ1v) is 9.03. The van der Waals surface area contributed by atoms with Crippen LogP contribution in [0.4, 0.5) is 5.69 Å². The van der Waals surface area contributed by atoms with Crippen LogP contribution in [-0.4, -0.2) is 23.1 Å². The van der Waals surface area contributed by atoms with Crippen molar-refractivity contribution in [2.75, 3.05) is 4.90 Å². The molecule has 1 unspecified atom stereocenters. The Kier molecular flexibility index (Phi) is 4.57. The predicted octanol–water partition coefficient (Wildman–Crippen LogP) is 4.29. The Hall–Kier alpha value is -3.60. The molecule has 1 heterocycles. The van der Waals surface area contributed by atoms with E-state index in [4.69, 9.17) is 4.74 Å². The molecule has 28 heavy (non-hydrogen) atoms. The summed E-state index contributed by atoms with van der Waals surface area (Å²) in [4.78, 5) is 26.2. The van der Waals surface area contributed by atoms with Gasteiger partial charge in [0.05, 0.1) is 17.3 Å². The Morgan fingerprint density at radius 3 is 2.07 bits per heavy atom. The molecule has 0 bridgehead atoms. The maximum absolute atomic E-state index is 13.2. The number of hydrogen-bond donors (Lipinski definition) is 1. The van der Waals surface area contributed by atoms with Gasteiger partial charge in [-0.1, -0.05) is 60.7 Å². The highest BCUT2D eigenvalue weighted by atomic mass is 16.5. The van der Waals surface area contributed by atoms with Crippen LogP contribution in [-0.2, 0) is 4.79 Å². The average Bonchev–Trinajstić information content (AvgIpc) is 2.72. The largest absolute Gasteiger partial charge is 0.479 e. The van der Waals surface area contributed by atoms with Crippen molar-refractivity contribution in [1.82, 2.24) is 0 Å². The number of anilines is 1. The second kappa shape index (κ2) is 7.19. The summed E-state index contributed by atoms with van der Waals surface area (Å²) in [5.74, 6) is -0.817. The van der Waals surface area contributed by atoms with Crippen LogP contribution in [0.3, 0.4) is 0 Å². The molecule has 0 saturated heterocycles. The monoisotopic (exact) mass is 373 g/mol. The average molecular weight is 373 g/mol. The zero-order valence-electron chi connectivity index (χ0n) is 15.3. The third kappa shape index (κ3) is 3.11. The molecule has 5 nitrogen and oxygen atoms in total. The summed E-state index contributed by atoms with van der Waals surface area (Å²) in [5, 5.41) is 9.30. The highest BCUT2D eigenvalue weighted by molar-refractivity contribution is 6.02. The summed E-state index contributed by atoms with van der Waals surface area (Å²) in [6.45, 7) is 1.68. The molecule has 1 aliphatic rings. The molecule has 1 atom stereocenters. The van der Waals surface area contributed by atoms with Crippen molar-refractivity contribution in [3.8, 4) is 5.75 Å². The summed E-state index contributed by atoms with van der Waals surface area (Å²) in [7, 11) is 0. The fourth-order valence-electron chi connectivity index (χ4n) is 3.52. The quantitative estimate of drug-likeness (QED) is 0.741. The van der Waals surface area contributed by atoms with Gasteiger partial charge >= 0.3 is 5.97 Å². The first-order valence-electron chi connectivity index (χ1n) is 9.03. The highest BCUT2D eigenvalue weighted by Crippen LogP contribution is 2.42. The lowest BCUT2D eigenvalue weighted by molar-refractivity contribution is -0.126. The predicted molar refractivity (Wildman–Crippen MR) is 106 cm³/mol. The second-order valence-electron chi connectivity index (χ2n) is 6.68. The van der Waals surface area contributed by atoms with Crippen molar-refractivity contribution in [2.24, 2.45) is 0 Å². The van der Waals surface area contributed by atoms with Crippen LogP contribution in [0.25, 0.3) is 0 Å². The lowest BCUT2D eigenvalue weighted by Crippen LogP contribution is -2.46. The minimum absolute atomic E-state index is 0.122. The molecule has 0 radical (unpaired) electrons. The molecule has 0 saturated carbocycles. The third-order valence-electron chi connectivity index (χ3n) is 4.84. The van der Waals surface area contributed by atoms with Crippen LogP contribution in [0.1, 0.15) is 34.5 Å². The van der Waals surface area contributed by atoms with Crippen LogP contribution in [0, 0.1) is 0 Å². The van der Waals surface area contributed by atoms with Crippen molar-refractivity contribution in [3.63, 3.8) is 0 Å². The van der Waals surface area contributed by atoms with Gasteiger partial charge in [0.25, 0.3) is 5.91 Å². The van der Waals surface area contributed by atoms with Gasteiger partial charge in [0.2, 0.25) is 0 Å². The van der Waals surface area contributed by atoms with E-state index < -0.39 is 12.1 Å². The molecule has 0 fully saturated rings. The maximum atomic E-state index is 13.2. The summed E-state index contributed by atoms with van der Waals surface area (Å²) >= 11 is 0. The Labute approximate surface area is 162 Å². The molecule has 1 aliphatic heterocycles. The van der Waals surface area contributed by atoms with Gasteiger partial charge in [-0.05, 0) is 36.2 Å². The number of hydrogen-bond acceptors (Lipinski definition) is 3. The number of ether oxygens (including phenoxy) is 1. The van der Waals surface area contributed by atoms with Gasteiger partial charge in [-0.3, -0.25) is 9.69 Å². The number of rotatable bonds is 4. The van der Waals surface area contributed by atoms with E-state index in [9.17, 15) is 14.7 Å². The minimum Gasteiger partial charge on any atom is -0.479 e. The normalized spacial score (nSPS) is 15.9. The molecule has 1 N–H and O–H groups in total. The van der Waals surface area contributed by atoms with E-state index in [0.29, 0.717) is 11.4 Å². The lowest BCUT2D eigenvalue weighted by atomic mass is 9.95. The first kappa shape index (κ1) is 17.8. The summed E-state index contributed by atoms with van der Waals surface area (Å²) < 4.78 is 5.73. The van der Waals surface area contributed by atoms with Gasteiger partial charge in [-0.25, -0.2) is 4.79 Å². The van der Waals surface area contributed by atoms with E-state index in [2.05, 4.69) is 0 Å². The minimum atomic E-state index is -1.04. The number of carbonyl (C=O) groups excluding carboxylic acids is 1. The number of carboxylic acids is 1. The van der Waals surface area contributed by atoms with Crippen molar-refractivity contribution >= 4 is 17.6 Å². The Balaban J connectivity index is 1.91. The van der Waals surface area contributed by atoms with Crippen molar-refractivity contribution < 1.29 is 19.4 Å². The van der Waals surface area contributed by atoms with E-state index in [1.54, 1.807) is 17.9 Å². The van der Waals surface area contributed by atoms with Crippen molar-refractivity contribution in [3.05, 3.63) is 95.6 Å². The molecule has 140 valence electrons. The van der Waals surface area contributed by atoms with E-state index in [1.807, 2.05) is 60.7 Å². The number of carbonyl (C=O) groups is 2. The van der Waals surface area contributed by atoms with Gasteiger partial charge in [-0.15, -0.1) is 0 Å². The van der Waals surface area contributed by atoms with Crippen LogP contribution in [0.15, 0.2) is 78.9 Å². The molecule has 4 rings (SSSR count). The van der Waals surface area contributed by atoms with Crippen molar-refractivity contribution in [1.29, 1.82) is 0 Å². The van der Waals surface area contributed by atoms with E-state index in [-0.39, 0.29) is 17.5 Å². The molecule has 5 heteroatoms. The highest BCUT2D eigenvalue weighted by Gasteiger charge is 2.37. The smallest absolute Gasteiger partial charge is 0.335 e. The number of aromatic carboxylic acids is 1. The SMILES string of the molecule is CC1Oc2cc(C(=O)O)ccc2N(C(c2ccccc2)c2ccccc2)C1=O. The molecule has 0 spiro atoms. The number of amides is 1. The Bertz CT molecular complexity index is 978. The van der Waals surface area contributed by atoms with Gasteiger partial charge in [0.15, 0.2) is 6.10 Å². The molecular weight excluding hydrogens is 354 g/mol. The van der Waals surface area contributed by atoms with Gasteiger partial charge in [-0.2, -0.15) is 0 Å². The molecule has 1 amide bonds. The fourth-order valence-corrected chi connectivity index (χ4v) is 3.52.